The second-order valence-electron chi connectivity index (χ2n) is 5.49. The second-order valence-corrected chi connectivity index (χ2v) is 5.49. The molecule has 4 aromatic rings. The number of carbonyl (C=O) groups excluding carboxylic acids is 1. The molecule has 1 amide bonds. The molecule has 23 heavy (non-hydrogen) atoms. The third-order valence-corrected chi connectivity index (χ3v) is 3.90. The average Bonchev–Trinajstić information content (AvgIpc) is 3.19. The maximum absolute atomic E-state index is 12.2. The van der Waals surface area contributed by atoms with Crippen LogP contribution >= 0.6 is 0 Å². The van der Waals surface area contributed by atoms with Gasteiger partial charge in [-0.15, -0.1) is 0 Å². The largest absolute Gasteiger partial charge is 0.361 e. The monoisotopic (exact) mass is 304 g/mol. The molecule has 0 aliphatic carbocycles. The van der Waals surface area contributed by atoms with Crippen LogP contribution in [0.15, 0.2) is 54.7 Å². The third kappa shape index (κ3) is 2.68. The maximum atomic E-state index is 12.2. The Balaban J connectivity index is 1.40. The van der Waals surface area contributed by atoms with Crippen molar-refractivity contribution in [1.29, 1.82) is 0 Å². The van der Waals surface area contributed by atoms with E-state index < -0.39 is 0 Å². The lowest BCUT2D eigenvalue weighted by molar-refractivity contribution is 0.0954. The quantitative estimate of drug-likeness (QED) is 0.542. The number of aromatic nitrogens is 3. The van der Waals surface area contributed by atoms with E-state index in [0.29, 0.717) is 18.5 Å². The predicted octanol–water partition coefficient (Wildman–Crippen LogP) is 3.02. The van der Waals surface area contributed by atoms with Gasteiger partial charge in [0, 0.05) is 35.6 Å². The van der Waals surface area contributed by atoms with Crippen LogP contribution < -0.4 is 5.32 Å². The van der Waals surface area contributed by atoms with E-state index in [1.54, 1.807) is 0 Å². The number of benzene rings is 2. The number of nitrogens with zero attached hydrogens (tertiary/aromatic N) is 1. The van der Waals surface area contributed by atoms with Crippen LogP contribution in [-0.2, 0) is 6.42 Å². The lowest BCUT2D eigenvalue weighted by Crippen LogP contribution is -2.25. The van der Waals surface area contributed by atoms with Crippen LogP contribution in [0.25, 0.3) is 21.9 Å². The van der Waals surface area contributed by atoms with Crippen LogP contribution in [-0.4, -0.2) is 27.4 Å². The highest BCUT2D eigenvalue weighted by molar-refractivity contribution is 5.98. The Bertz CT molecular complexity index is 950. The van der Waals surface area contributed by atoms with Gasteiger partial charge in [-0.05, 0) is 36.4 Å². The Morgan fingerprint density at radius 1 is 1.09 bits per heavy atom. The fourth-order valence-electron chi connectivity index (χ4n) is 2.72. The standard InChI is InChI=1S/C18H16N4O/c23-18(13-5-6-14-12(11-13)7-9-19-14)20-10-8-17-21-15-3-1-2-4-16(15)22-17/h1-7,9,11,19H,8,10H2,(H,20,23)(H,21,22). The molecule has 0 fully saturated rings. The highest BCUT2D eigenvalue weighted by Crippen LogP contribution is 2.14. The van der Waals surface area contributed by atoms with E-state index in [4.69, 9.17) is 0 Å². The molecule has 0 saturated heterocycles. The van der Waals surface area contributed by atoms with Gasteiger partial charge < -0.3 is 15.3 Å². The Hall–Kier alpha value is -3.08. The van der Waals surface area contributed by atoms with Crippen LogP contribution in [0.2, 0.25) is 0 Å². The first-order chi connectivity index (χ1) is 11.3. The van der Waals surface area contributed by atoms with Crippen molar-refractivity contribution in [3.8, 4) is 0 Å². The van der Waals surface area contributed by atoms with Gasteiger partial charge in [0.15, 0.2) is 0 Å². The van der Waals surface area contributed by atoms with Crippen molar-refractivity contribution in [2.45, 2.75) is 6.42 Å². The number of amides is 1. The maximum Gasteiger partial charge on any atom is 0.251 e. The Morgan fingerprint density at radius 3 is 2.91 bits per heavy atom. The SMILES string of the molecule is O=C(NCCc1nc2ccccc2[nH]1)c1ccc2[nH]ccc2c1. The molecule has 5 heteroatoms. The van der Waals surface area contributed by atoms with Crippen LogP contribution in [0, 0.1) is 0 Å². The summed E-state index contributed by atoms with van der Waals surface area (Å²) in [4.78, 5) is 23.1. The summed E-state index contributed by atoms with van der Waals surface area (Å²) >= 11 is 0. The number of hydrogen-bond donors (Lipinski definition) is 3. The molecule has 2 aromatic carbocycles. The van der Waals surface area contributed by atoms with Gasteiger partial charge in [0.1, 0.15) is 5.82 Å². The fraction of sp³-hybridized carbons (Fsp3) is 0.111. The minimum Gasteiger partial charge on any atom is -0.361 e. The predicted molar refractivity (Wildman–Crippen MR) is 90.4 cm³/mol. The van der Waals surface area contributed by atoms with Crippen LogP contribution in [0.5, 0.6) is 0 Å². The van der Waals surface area contributed by atoms with Gasteiger partial charge in [0.25, 0.3) is 5.91 Å². The summed E-state index contributed by atoms with van der Waals surface area (Å²) in [5.74, 6) is 0.816. The zero-order valence-electron chi connectivity index (χ0n) is 12.5. The van der Waals surface area contributed by atoms with E-state index in [-0.39, 0.29) is 5.91 Å². The molecular formula is C18H16N4O. The molecule has 0 radical (unpaired) electrons. The number of para-hydroxylation sites is 2. The summed E-state index contributed by atoms with van der Waals surface area (Å²) < 4.78 is 0. The highest BCUT2D eigenvalue weighted by atomic mass is 16.1. The van der Waals surface area contributed by atoms with Crippen LogP contribution in [0.1, 0.15) is 16.2 Å². The van der Waals surface area contributed by atoms with Crippen molar-refractivity contribution in [3.05, 3.63) is 66.1 Å². The normalized spacial score (nSPS) is 11.1. The number of fused-ring (bicyclic) bond motifs is 2. The molecule has 114 valence electrons. The number of rotatable bonds is 4. The summed E-state index contributed by atoms with van der Waals surface area (Å²) in [7, 11) is 0. The number of hydrogen-bond acceptors (Lipinski definition) is 2. The lowest BCUT2D eigenvalue weighted by Gasteiger charge is -2.04. The second kappa shape index (κ2) is 5.61. The van der Waals surface area contributed by atoms with E-state index in [1.807, 2.05) is 54.7 Å². The zero-order chi connectivity index (χ0) is 15.6. The van der Waals surface area contributed by atoms with E-state index in [0.717, 1.165) is 27.8 Å². The number of carbonyl (C=O) groups is 1. The van der Waals surface area contributed by atoms with Gasteiger partial charge >= 0.3 is 0 Å². The number of aromatic amines is 2. The van der Waals surface area contributed by atoms with Gasteiger partial charge in [-0.1, -0.05) is 12.1 Å². The zero-order valence-corrected chi connectivity index (χ0v) is 12.5. The first-order valence-electron chi connectivity index (χ1n) is 7.58. The minimum atomic E-state index is -0.0655. The molecule has 2 aromatic heterocycles. The van der Waals surface area contributed by atoms with E-state index >= 15 is 0 Å². The van der Waals surface area contributed by atoms with Gasteiger partial charge in [0.2, 0.25) is 0 Å². The van der Waals surface area contributed by atoms with Gasteiger partial charge in [-0.3, -0.25) is 4.79 Å². The number of H-pyrrole nitrogens is 2. The molecule has 4 rings (SSSR count). The Labute approximate surface area is 132 Å². The van der Waals surface area contributed by atoms with Crippen molar-refractivity contribution in [2.24, 2.45) is 0 Å². The molecule has 0 aliphatic rings. The molecule has 0 saturated carbocycles. The van der Waals surface area contributed by atoms with Crippen LogP contribution in [0.3, 0.4) is 0 Å². The Kier molecular flexibility index (Phi) is 3.31. The fourth-order valence-corrected chi connectivity index (χ4v) is 2.72. The van der Waals surface area contributed by atoms with Gasteiger partial charge in [-0.25, -0.2) is 4.98 Å². The smallest absolute Gasteiger partial charge is 0.251 e. The summed E-state index contributed by atoms with van der Waals surface area (Å²) in [5.41, 5.74) is 3.67. The Morgan fingerprint density at radius 2 is 2.00 bits per heavy atom. The minimum absolute atomic E-state index is 0.0655. The van der Waals surface area contributed by atoms with E-state index in [1.165, 1.54) is 0 Å². The molecule has 2 heterocycles. The number of nitrogens with one attached hydrogen (secondary N) is 3. The average molecular weight is 304 g/mol. The topological polar surface area (TPSA) is 73.6 Å². The summed E-state index contributed by atoms with van der Waals surface area (Å²) in [5, 5.41) is 3.98. The van der Waals surface area contributed by atoms with Crippen molar-refractivity contribution in [3.63, 3.8) is 0 Å². The molecule has 0 bridgehead atoms. The summed E-state index contributed by atoms with van der Waals surface area (Å²) in [6, 6.07) is 15.5. The summed E-state index contributed by atoms with van der Waals surface area (Å²) in [6.45, 7) is 0.545. The first-order valence-corrected chi connectivity index (χ1v) is 7.58. The van der Waals surface area contributed by atoms with Gasteiger partial charge in [-0.2, -0.15) is 0 Å². The number of imidazole rings is 1. The van der Waals surface area contributed by atoms with Gasteiger partial charge in [0.05, 0.1) is 11.0 Å². The highest BCUT2D eigenvalue weighted by Gasteiger charge is 2.07. The van der Waals surface area contributed by atoms with E-state index in [9.17, 15) is 4.79 Å². The lowest BCUT2D eigenvalue weighted by atomic mass is 10.1. The van der Waals surface area contributed by atoms with Crippen molar-refractivity contribution < 1.29 is 4.79 Å². The molecule has 0 spiro atoms. The first kappa shape index (κ1) is 13.6. The molecular weight excluding hydrogens is 288 g/mol. The van der Waals surface area contributed by atoms with Crippen LogP contribution in [0.4, 0.5) is 0 Å². The van der Waals surface area contributed by atoms with E-state index in [2.05, 4.69) is 20.3 Å². The molecule has 5 nitrogen and oxygen atoms in total. The summed E-state index contributed by atoms with van der Waals surface area (Å²) in [6.07, 6.45) is 2.54. The molecule has 3 N–H and O–H groups in total. The van der Waals surface area contributed by atoms with Crippen molar-refractivity contribution in [2.75, 3.05) is 6.54 Å². The third-order valence-electron chi connectivity index (χ3n) is 3.90. The van der Waals surface area contributed by atoms with Crippen molar-refractivity contribution >= 4 is 27.8 Å². The molecule has 0 aliphatic heterocycles. The molecule has 0 atom stereocenters. The van der Waals surface area contributed by atoms with Crippen molar-refractivity contribution in [1.82, 2.24) is 20.3 Å². The molecule has 0 unspecified atom stereocenters.